The summed E-state index contributed by atoms with van der Waals surface area (Å²) in [4.78, 5) is 6.76. The van der Waals surface area contributed by atoms with Crippen molar-refractivity contribution in [2.75, 3.05) is 20.1 Å². The van der Waals surface area contributed by atoms with Crippen LogP contribution in [0.2, 0.25) is 0 Å². The zero-order chi connectivity index (χ0) is 15.2. The molecule has 0 amide bonds. The van der Waals surface area contributed by atoms with Crippen LogP contribution < -0.4 is 5.32 Å². The lowest BCUT2D eigenvalue weighted by Gasteiger charge is -2.31. The molecule has 0 bridgehead atoms. The van der Waals surface area contributed by atoms with Crippen molar-refractivity contribution in [1.82, 2.24) is 20.0 Å². The molecule has 0 spiro atoms. The molecule has 5 nitrogen and oxygen atoms in total. The van der Waals surface area contributed by atoms with Gasteiger partial charge in [0.15, 0.2) is 5.96 Å². The van der Waals surface area contributed by atoms with E-state index in [0.717, 1.165) is 45.0 Å². The quantitative estimate of drug-likeness (QED) is 0.533. The molecule has 0 unspecified atom stereocenters. The maximum Gasteiger partial charge on any atom is 0.193 e. The summed E-state index contributed by atoms with van der Waals surface area (Å²) in [7, 11) is 1.86. The maximum atomic E-state index is 4.43. The smallest absolute Gasteiger partial charge is 0.193 e. The third-order valence-corrected chi connectivity index (χ3v) is 4.05. The number of fused-ring (bicyclic) bond motifs is 1. The molecule has 0 fully saturated rings. The Morgan fingerprint density at radius 2 is 2.14 bits per heavy atom. The molecule has 0 saturated carbocycles. The van der Waals surface area contributed by atoms with Gasteiger partial charge in [-0.2, -0.15) is 5.10 Å². The Bertz CT molecular complexity index is 618. The van der Waals surface area contributed by atoms with Crippen molar-refractivity contribution in [2.24, 2.45) is 4.99 Å². The molecule has 1 aliphatic rings. The molecule has 1 aliphatic heterocycles. The van der Waals surface area contributed by atoms with Gasteiger partial charge in [0.1, 0.15) is 0 Å². The van der Waals surface area contributed by atoms with Crippen LogP contribution in [-0.4, -0.2) is 40.8 Å². The van der Waals surface area contributed by atoms with Crippen LogP contribution in [0.25, 0.3) is 0 Å². The molecule has 2 heterocycles. The molecule has 0 saturated heterocycles. The predicted octanol–water partition coefficient (Wildman–Crippen LogP) is 1.91. The first kappa shape index (κ1) is 14.6. The number of nitrogens with zero attached hydrogens (tertiary/aromatic N) is 4. The molecule has 1 aromatic heterocycles. The van der Waals surface area contributed by atoms with E-state index in [1.807, 2.05) is 30.2 Å². The van der Waals surface area contributed by atoms with E-state index in [2.05, 4.69) is 44.6 Å². The Morgan fingerprint density at radius 3 is 2.91 bits per heavy atom. The summed E-state index contributed by atoms with van der Waals surface area (Å²) in [5.74, 6) is 0.995. The number of benzene rings is 1. The standard InChI is InChI=1S/C17H23N5/c1-18-17(19-9-4-11-22-12-5-10-20-22)21-13-8-15-6-2-3-7-16(15)14-21/h2-3,5-7,10,12H,4,8-9,11,13-14H2,1H3,(H,18,19). The monoisotopic (exact) mass is 297 g/mol. The second kappa shape index (κ2) is 7.11. The molecule has 0 atom stereocenters. The van der Waals surface area contributed by atoms with Crippen molar-refractivity contribution in [3.05, 3.63) is 53.9 Å². The molecule has 1 N–H and O–H groups in total. The molecular formula is C17H23N5. The van der Waals surface area contributed by atoms with Gasteiger partial charge in [0.05, 0.1) is 0 Å². The zero-order valence-corrected chi connectivity index (χ0v) is 13.1. The summed E-state index contributed by atoms with van der Waals surface area (Å²) in [6.07, 6.45) is 5.93. The average molecular weight is 297 g/mol. The second-order valence-corrected chi connectivity index (χ2v) is 5.54. The van der Waals surface area contributed by atoms with E-state index in [4.69, 9.17) is 0 Å². The van der Waals surface area contributed by atoms with Gasteiger partial charge in [-0.05, 0) is 30.0 Å². The Kier molecular flexibility index (Phi) is 4.73. The number of hydrogen-bond donors (Lipinski definition) is 1. The lowest BCUT2D eigenvalue weighted by atomic mass is 10.0. The van der Waals surface area contributed by atoms with Crippen molar-refractivity contribution >= 4 is 5.96 Å². The first-order valence-electron chi connectivity index (χ1n) is 7.86. The lowest BCUT2D eigenvalue weighted by molar-refractivity contribution is 0.377. The third kappa shape index (κ3) is 3.47. The number of nitrogens with one attached hydrogen (secondary N) is 1. The Morgan fingerprint density at radius 1 is 1.27 bits per heavy atom. The highest BCUT2D eigenvalue weighted by molar-refractivity contribution is 5.80. The lowest BCUT2D eigenvalue weighted by Crippen LogP contribution is -2.44. The van der Waals surface area contributed by atoms with Gasteiger partial charge in [-0.25, -0.2) is 0 Å². The highest BCUT2D eigenvalue weighted by atomic mass is 15.3. The van der Waals surface area contributed by atoms with Crippen LogP contribution in [0.5, 0.6) is 0 Å². The summed E-state index contributed by atoms with van der Waals surface area (Å²) in [6, 6.07) is 10.6. The third-order valence-electron chi connectivity index (χ3n) is 4.05. The minimum atomic E-state index is 0.907. The summed E-state index contributed by atoms with van der Waals surface area (Å²) < 4.78 is 1.96. The normalized spacial score (nSPS) is 14.8. The minimum absolute atomic E-state index is 0.907. The van der Waals surface area contributed by atoms with E-state index in [1.54, 1.807) is 0 Å². The Hall–Kier alpha value is -2.30. The van der Waals surface area contributed by atoms with E-state index >= 15 is 0 Å². The van der Waals surface area contributed by atoms with Gasteiger partial charge in [-0.15, -0.1) is 0 Å². The van der Waals surface area contributed by atoms with Crippen molar-refractivity contribution < 1.29 is 0 Å². The molecular weight excluding hydrogens is 274 g/mol. The second-order valence-electron chi connectivity index (χ2n) is 5.54. The van der Waals surface area contributed by atoms with Crippen molar-refractivity contribution in [2.45, 2.75) is 25.9 Å². The molecule has 3 rings (SSSR count). The van der Waals surface area contributed by atoms with Gasteiger partial charge in [-0.1, -0.05) is 24.3 Å². The van der Waals surface area contributed by atoms with E-state index < -0.39 is 0 Å². The fourth-order valence-electron chi connectivity index (χ4n) is 2.88. The summed E-state index contributed by atoms with van der Waals surface area (Å²) in [5, 5.41) is 7.68. The molecule has 22 heavy (non-hydrogen) atoms. The van der Waals surface area contributed by atoms with Gasteiger partial charge in [0.25, 0.3) is 0 Å². The average Bonchev–Trinajstić information content (AvgIpc) is 3.08. The highest BCUT2D eigenvalue weighted by Gasteiger charge is 2.18. The van der Waals surface area contributed by atoms with Gasteiger partial charge in [0, 0.05) is 45.6 Å². The number of aryl methyl sites for hydroxylation is 1. The molecule has 0 radical (unpaired) electrons. The molecule has 0 aliphatic carbocycles. The van der Waals surface area contributed by atoms with Crippen molar-refractivity contribution in [1.29, 1.82) is 0 Å². The van der Waals surface area contributed by atoms with Crippen molar-refractivity contribution in [3.63, 3.8) is 0 Å². The number of aliphatic imine (C=N–C) groups is 1. The highest BCUT2D eigenvalue weighted by Crippen LogP contribution is 2.18. The van der Waals surface area contributed by atoms with Crippen LogP contribution in [-0.2, 0) is 19.5 Å². The van der Waals surface area contributed by atoms with E-state index in [9.17, 15) is 0 Å². The van der Waals surface area contributed by atoms with Gasteiger partial charge in [0.2, 0.25) is 0 Å². The largest absolute Gasteiger partial charge is 0.356 e. The van der Waals surface area contributed by atoms with Gasteiger partial charge < -0.3 is 10.2 Å². The first-order chi connectivity index (χ1) is 10.9. The number of hydrogen-bond acceptors (Lipinski definition) is 2. The Balaban J connectivity index is 1.50. The number of rotatable bonds is 4. The number of aromatic nitrogens is 2. The van der Waals surface area contributed by atoms with E-state index in [-0.39, 0.29) is 0 Å². The first-order valence-corrected chi connectivity index (χ1v) is 7.86. The van der Waals surface area contributed by atoms with Crippen LogP contribution >= 0.6 is 0 Å². The topological polar surface area (TPSA) is 45.5 Å². The fraction of sp³-hybridized carbons (Fsp3) is 0.412. The van der Waals surface area contributed by atoms with Crippen LogP contribution in [0.1, 0.15) is 17.5 Å². The van der Waals surface area contributed by atoms with Gasteiger partial charge >= 0.3 is 0 Å². The van der Waals surface area contributed by atoms with Gasteiger partial charge in [-0.3, -0.25) is 9.67 Å². The Labute approximate surface area is 131 Å². The zero-order valence-electron chi connectivity index (χ0n) is 13.1. The summed E-state index contributed by atoms with van der Waals surface area (Å²) >= 11 is 0. The number of guanidine groups is 1. The van der Waals surface area contributed by atoms with Crippen LogP contribution in [0.3, 0.4) is 0 Å². The molecule has 116 valence electrons. The minimum Gasteiger partial charge on any atom is -0.356 e. The molecule has 5 heteroatoms. The van der Waals surface area contributed by atoms with E-state index in [1.165, 1.54) is 11.1 Å². The summed E-state index contributed by atoms with van der Waals surface area (Å²) in [5.41, 5.74) is 2.88. The van der Waals surface area contributed by atoms with Crippen LogP contribution in [0.4, 0.5) is 0 Å². The SMILES string of the molecule is CN=C(NCCCn1cccn1)N1CCc2ccccc2C1. The fourth-order valence-corrected chi connectivity index (χ4v) is 2.88. The maximum absolute atomic E-state index is 4.43. The van der Waals surface area contributed by atoms with Crippen LogP contribution in [0, 0.1) is 0 Å². The van der Waals surface area contributed by atoms with Crippen molar-refractivity contribution in [3.8, 4) is 0 Å². The molecule has 1 aromatic carbocycles. The molecule has 2 aromatic rings. The van der Waals surface area contributed by atoms with E-state index in [0.29, 0.717) is 0 Å². The predicted molar refractivity (Wildman–Crippen MR) is 88.8 cm³/mol. The van der Waals surface area contributed by atoms with Crippen LogP contribution in [0.15, 0.2) is 47.7 Å². The summed E-state index contributed by atoms with van der Waals surface area (Å²) in [6.45, 7) is 3.80.